The van der Waals surface area contributed by atoms with Gasteiger partial charge in [0.2, 0.25) is 0 Å². The molecule has 1 aromatic carbocycles. The van der Waals surface area contributed by atoms with E-state index >= 15 is 0 Å². The highest BCUT2D eigenvalue weighted by atomic mass is 16.5. The maximum Gasteiger partial charge on any atom is 0.119 e. The fourth-order valence-electron chi connectivity index (χ4n) is 1.16. The topological polar surface area (TPSA) is 89.9 Å². The van der Waals surface area contributed by atoms with Crippen LogP contribution < -0.4 is 16.2 Å². The van der Waals surface area contributed by atoms with Gasteiger partial charge in [-0.05, 0) is 30.7 Å². The zero-order chi connectivity index (χ0) is 13.2. The summed E-state index contributed by atoms with van der Waals surface area (Å²) in [4.78, 5) is 0. The Kier molecular flexibility index (Phi) is 6.17. The summed E-state index contributed by atoms with van der Waals surface area (Å²) in [5, 5.41) is 6.13. The Morgan fingerprint density at radius 3 is 2.33 bits per heavy atom. The third kappa shape index (κ3) is 5.79. The number of hydrogen-bond acceptors (Lipinski definition) is 4. The second-order valence-electron chi connectivity index (χ2n) is 3.80. The van der Waals surface area contributed by atoms with Gasteiger partial charge in [0.25, 0.3) is 0 Å². The largest absolute Gasteiger partial charge is 0.494 e. The van der Waals surface area contributed by atoms with Crippen LogP contribution in [0.25, 0.3) is 0 Å². The molecule has 0 bridgehead atoms. The second kappa shape index (κ2) is 8.00. The summed E-state index contributed by atoms with van der Waals surface area (Å²) in [6.07, 6.45) is 5.44. The molecule has 0 aliphatic carbocycles. The summed E-state index contributed by atoms with van der Waals surface area (Å²) >= 11 is 0. The third-order valence-corrected chi connectivity index (χ3v) is 2.17. The minimum absolute atomic E-state index is 0.676. The maximum atomic E-state index is 5.53. The smallest absolute Gasteiger partial charge is 0.119 e. The molecule has 0 radical (unpaired) electrons. The van der Waals surface area contributed by atoms with E-state index in [1.54, 1.807) is 12.4 Å². The van der Waals surface area contributed by atoms with Crippen molar-refractivity contribution < 1.29 is 4.74 Å². The van der Waals surface area contributed by atoms with Gasteiger partial charge in [0.15, 0.2) is 0 Å². The molecule has 0 aliphatic rings. The minimum atomic E-state index is 0.676. The summed E-state index contributed by atoms with van der Waals surface area (Å²) in [6.45, 7) is 2.94. The molecule has 0 fully saturated rings. The summed E-state index contributed by atoms with van der Waals surface area (Å²) in [6, 6.07) is 7.48. The molecule has 0 aliphatic heterocycles. The van der Waals surface area contributed by atoms with Crippen LogP contribution in [-0.4, -0.2) is 16.8 Å². The van der Waals surface area contributed by atoms with Crippen LogP contribution in [0, 0.1) is 0 Å². The number of nitrogens with zero attached hydrogens (tertiary/aromatic N) is 1. The number of H-pyrrole nitrogens is 1. The van der Waals surface area contributed by atoms with Gasteiger partial charge in [-0.2, -0.15) is 5.10 Å². The zero-order valence-electron chi connectivity index (χ0n) is 10.6. The van der Waals surface area contributed by atoms with Crippen molar-refractivity contribution in [1.29, 1.82) is 0 Å². The summed E-state index contributed by atoms with van der Waals surface area (Å²) in [7, 11) is 0. The first-order chi connectivity index (χ1) is 8.72. The molecule has 5 nitrogen and oxygen atoms in total. The number of aromatic amines is 1. The van der Waals surface area contributed by atoms with Crippen LogP contribution in [0.2, 0.25) is 0 Å². The molecule has 98 valence electrons. The van der Waals surface area contributed by atoms with Crippen molar-refractivity contribution in [3.63, 3.8) is 0 Å². The first kappa shape index (κ1) is 13.9. The zero-order valence-corrected chi connectivity index (χ0v) is 10.6. The van der Waals surface area contributed by atoms with Crippen LogP contribution in [0.3, 0.4) is 0 Å². The Bertz CT molecular complexity index is 411. The van der Waals surface area contributed by atoms with E-state index in [1.165, 1.54) is 0 Å². The van der Waals surface area contributed by atoms with Gasteiger partial charge in [0, 0.05) is 11.9 Å². The lowest BCUT2D eigenvalue weighted by Gasteiger charge is -2.04. The summed E-state index contributed by atoms with van der Waals surface area (Å²) in [5.41, 5.74) is 12.2. The molecule has 2 aromatic rings. The van der Waals surface area contributed by atoms with Gasteiger partial charge in [-0.15, -0.1) is 0 Å². The lowest BCUT2D eigenvalue weighted by atomic mass is 10.3. The molecule has 5 heteroatoms. The predicted molar refractivity (Wildman–Crippen MR) is 74.3 cm³/mol. The Hall–Kier alpha value is -2.17. The molecule has 0 saturated carbocycles. The molecule has 0 amide bonds. The van der Waals surface area contributed by atoms with Gasteiger partial charge in [0.1, 0.15) is 5.75 Å². The van der Waals surface area contributed by atoms with Gasteiger partial charge in [-0.3, -0.25) is 5.10 Å². The number of benzene rings is 1. The van der Waals surface area contributed by atoms with E-state index in [-0.39, 0.29) is 0 Å². The van der Waals surface area contributed by atoms with E-state index in [0.717, 1.165) is 30.9 Å². The lowest BCUT2D eigenvalue weighted by Crippen LogP contribution is -1.96. The van der Waals surface area contributed by atoms with E-state index in [2.05, 4.69) is 17.1 Å². The minimum Gasteiger partial charge on any atom is -0.494 e. The molecule has 5 N–H and O–H groups in total. The van der Waals surface area contributed by atoms with Gasteiger partial charge in [0.05, 0.1) is 18.5 Å². The molecular formula is C13H20N4O. The lowest BCUT2D eigenvalue weighted by molar-refractivity contribution is 0.309. The molecule has 18 heavy (non-hydrogen) atoms. The number of unbranched alkanes of at least 4 members (excludes halogenated alkanes) is 1. The summed E-state index contributed by atoms with van der Waals surface area (Å²) < 4.78 is 5.45. The third-order valence-electron chi connectivity index (χ3n) is 2.17. The average molecular weight is 248 g/mol. The fourth-order valence-corrected chi connectivity index (χ4v) is 1.16. The number of nitrogens with one attached hydrogen (secondary N) is 1. The Morgan fingerprint density at radius 1 is 1.17 bits per heavy atom. The molecule has 2 rings (SSSR count). The van der Waals surface area contributed by atoms with Crippen molar-refractivity contribution in [1.82, 2.24) is 10.2 Å². The maximum absolute atomic E-state index is 5.53. The van der Waals surface area contributed by atoms with E-state index in [0.29, 0.717) is 5.69 Å². The Labute approximate surface area is 107 Å². The first-order valence-electron chi connectivity index (χ1n) is 5.95. The molecule has 0 spiro atoms. The number of anilines is 2. The monoisotopic (exact) mass is 248 g/mol. The quantitative estimate of drug-likeness (QED) is 0.572. The number of aromatic nitrogens is 2. The summed E-state index contributed by atoms with van der Waals surface area (Å²) in [5.74, 6) is 0.901. The van der Waals surface area contributed by atoms with E-state index in [4.69, 9.17) is 16.2 Å². The highest BCUT2D eigenvalue weighted by molar-refractivity contribution is 5.41. The number of nitrogens with two attached hydrogens (primary N) is 2. The van der Waals surface area contributed by atoms with Crippen LogP contribution >= 0.6 is 0 Å². The Morgan fingerprint density at radius 2 is 1.89 bits per heavy atom. The van der Waals surface area contributed by atoms with Crippen molar-refractivity contribution in [2.45, 2.75) is 19.8 Å². The highest BCUT2D eigenvalue weighted by Gasteiger charge is 1.91. The van der Waals surface area contributed by atoms with E-state index in [1.807, 2.05) is 24.3 Å². The standard InChI is InChI=1S/C10H15NO.C3H5N3/c1-2-3-8-12-10-6-4-9(11)5-7-10;4-3-1-5-6-2-3/h4-7H,2-3,8,11H2,1H3;1-2H,4H2,(H,5,6). The fraction of sp³-hybridized carbons (Fsp3) is 0.308. The molecule has 0 atom stereocenters. The van der Waals surface area contributed by atoms with Gasteiger partial charge >= 0.3 is 0 Å². The van der Waals surface area contributed by atoms with Crippen molar-refractivity contribution in [3.8, 4) is 5.75 Å². The van der Waals surface area contributed by atoms with Gasteiger partial charge in [-0.25, -0.2) is 0 Å². The SMILES string of the molecule is CCCCOc1ccc(N)cc1.Nc1cn[nH]c1. The number of nitrogen functional groups attached to an aromatic ring is 2. The molecule has 1 heterocycles. The van der Waals surface area contributed by atoms with Crippen molar-refractivity contribution >= 4 is 11.4 Å². The Balaban J connectivity index is 0.000000225. The average Bonchev–Trinajstić information content (AvgIpc) is 2.84. The van der Waals surface area contributed by atoms with Gasteiger partial charge < -0.3 is 16.2 Å². The number of rotatable bonds is 4. The highest BCUT2D eigenvalue weighted by Crippen LogP contribution is 2.13. The van der Waals surface area contributed by atoms with E-state index in [9.17, 15) is 0 Å². The van der Waals surface area contributed by atoms with Gasteiger partial charge in [-0.1, -0.05) is 13.3 Å². The molecule has 0 saturated heterocycles. The van der Waals surface area contributed by atoms with Crippen LogP contribution in [-0.2, 0) is 0 Å². The second-order valence-corrected chi connectivity index (χ2v) is 3.80. The predicted octanol–water partition coefficient (Wildman–Crippen LogP) is 2.44. The molecular weight excluding hydrogens is 228 g/mol. The number of ether oxygens (including phenoxy) is 1. The van der Waals surface area contributed by atoms with E-state index < -0.39 is 0 Å². The van der Waals surface area contributed by atoms with Crippen LogP contribution in [0.5, 0.6) is 5.75 Å². The van der Waals surface area contributed by atoms with Crippen LogP contribution in [0.1, 0.15) is 19.8 Å². The van der Waals surface area contributed by atoms with Crippen molar-refractivity contribution in [2.24, 2.45) is 0 Å². The van der Waals surface area contributed by atoms with Crippen molar-refractivity contribution in [3.05, 3.63) is 36.7 Å². The van der Waals surface area contributed by atoms with Crippen LogP contribution in [0.4, 0.5) is 11.4 Å². The van der Waals surface area contributed by atoms with Crippen molar-refractivity contribution in [2.75, 3.05) is 18.1 Å². The molecule has 1 aromatic heterocycles. The molecule has 0 unspecified atom stereocenters. The first-order valence-corrected chi connectivity index (χ1v) is 5.95. The normalized spacial score (nSPS) is 9.39. The van der Waals surface area contributed by atoms with Crippen LogP contribution in [0.15, 0.2) is 36.7 Å². The number of hydrogen-bond donors (Lipinski definition) is 3.